The number of esters is 1. The lowest BCUT2D eigenvalue weighted by atomic mass is 9.91. The number of aliphatic imine (C=N–C) groups is 1. The molecule has 7 nitrogen and oxygen atoms in total. The van der Waals surface area contributed by atoms with Crippen LogP contribution in [0.4, 0.5) is 4.39 Å². The summed E-state index contributed by atoms with van der Waals surface area (Å²) >= 11 is 0. The number of guanidine groups is 1. The molecule has 0 bridgehead atoms. The second-order valence-electron chi connectivity index (χ2n) is 7.92. The van der Waals surface area contributed by atoms with E-state index >= 15 is 0 Å². The largest absolute Gasteiger partial charge is 0.465 e. The normalized spacial score (nSPS) is 21.6. The molecule has 0 aromatic heterocycles. The number of amides is 1. The highest BCUT2D eigenvalue weighted by Gasteiger charge is 2.42. The van der Waals surface area contributed by atoms with Gasteiger partial charge >= 0.3 is 5.97 Å². The summed E-state index contributed by atoms with van der Waals surface area (Å²) in [6, 6.07) is 15.3. The number of halogens is 1. The Kier molecular flexibility index (Phi) is 6.80. The lowest BCUT2D eigenvalue weighted by Crippen LogP contribution is -2.57. The molecule has 0 unspecified atom stereocenters. The van der Waals surface area contributed by atoms with E-state index in [0.717, 1.165) is 19.6 Å². The Bertz CT molecular complexity index is 972. The fraction of sp³-hybridized carbons (Fsp3) is 0.375. The van der Waals surface area contributed by atoms with Crippen LogP contribution in [0.2, 0.25) is 0 Å². The van der Waals surface area contributed by atoms with E-state index in [-0.39, 0.29) is 12.4 Å². The predicted molar refractivity (Wildman–Crippen MR) is 118 cm³/mol. The zero-order valence-electron chi connectivity index (χ0n) is 18.0. The number of hydrogen-bond acceptors (Lipinski definition) is 6. The highest BCUT2D eigenvalue weighted by atomic mass is 19.1. The van der Waals surface area contributed by atoms with E-state index in [0.29, 0.717) is 24.6 Å². The average Bonchev–Trinajstić information content (AvgIpc) is 2.80. The number of hydrogen-bond donors (Lipinski definition) is 1. The first kappa shape index (κ1) is 22.0. The molecule has 32 heavy (non-hydrogen) atoms. The second kappa shape index (κ2) is 9.91. The van der Waals surface area contributed by atoms with Crippen molar-refractivity contribution in [2.24, 2.45) is 10.9 Å². The summed E-state index contributed by atoms with van der Waals surface area (Å²) in [5, 5.41) is 2.79. The summed E-state index contributed by atoms with van der Waals surface area (Å²) < 4.78 is 18.6. The van der Waals surface area contributed by atoms with Crippen molar-refractivity contribution in [1.82, 2.24) is 15.1 Å². The third-order valence-corrected chi connectivity index (χ3v) is 5.77. The van der Waals surface area contributed by atoms with Gasteiger partial charge in [-0.1, -0.05) is 42.5 Å². The van der Waals surface area contributed by atoms with Crippen molar-refractivity contribution >= 4 is 17.8 Å². The molecule has 2 aromatic rings. The predicted octanol–water partition coefficient (Wildman–Crippen LogP) is 2.35. The molecule has 0 aliphatic carbocycles. The smallest absolute Gasteiger partial charge is 0.321 e. The van der Waals surface area contributed by atoms with Crippen LogP contribution in [0, 0.1) is 11.7 Å². The van der Waals surface area contributed by atoms with Gasteiger partial charge in [-0.05, 0) is 30.2 Å². The van der Waals surface area contributed by atoms with Crippen molar-refractivity contribution in [2.45, 2.75) is 19.5 Å². The van der Waals surface area contributed by atoms with Gasteiger partial charge in [0.15, 0.2) is 5.92 Å². The standard InChI is InChI=1S/C24H27FN4O3/c1-2-32-23(31)20-21(18-8-10-19(25)11-9-18)26-24(27-22(20)30)29-14-12-28(13-15-29)16-17-6-4-3-5-7-17/h3-11,20-21H,2,12-16H2,1H3,(H,26,27,30)/t20-,21+/m0/s1. The van der Waals surface area contributed by atoms with Crippen LogP contribution in [0.5, 0.6) is 0 Å². The van der Waals surface area contributed by atoms with Crippen molar-refractivity contribution in [3.8, 4) is 0 Å². The zero-order valence-corrected chi connectivity index (χ0v) is 18.0. The molecule has 1 amide bonds. The Morgan fingerprint density at radius 3 is 2.44 bits per heavy atom. The number of nitrogens with zero attached hydrogens (tertiary/aromatic N) is 3. The Labute approximate surface area is 186 Å². The van der Waals surface area contributed by atoms with Gasteiger partial charge in [0.25, 0.3) is 0 Å². The molecule has 0 spiro atoms. The second-order valence-corrected chi connectivity index (χ2v) is 7.92. The summed E-state index contributed by atoms with van der Waals surface area (Å²) in [6.45, 7) is 5.78. The van der Waals surface area contributed by atoms with Crippen LogP contribution in [-0.4, -0.2) is 60.4 Å². The molecule has 2 atom stereocenters. The quantitative estimate of drug-likeness (QED) is 0.573. The molecule has 2 aromatic carbocycles. The summed E-state index contributed by atoms with van der Waals surface area (Å²) in [5.74, 6) is -2.13. The monoisotopic (exact) mass is 438 g/mol. The lowest BCUT2D eigenvalue weighted by Gasteiger charge is -2.39. The van der Waals surface area contributed by atoms with Gasteiger partial charge in [-0.3, -0.25) is 19.8 Å². The number of carbonyl (C=O) groups is 2. The molecular weight excluding hydrogens is 411 g/mol. The molecule has 0 saturated carbocycles. The summed E-state index contributed by atoms with van der Waals surface area (Å²) in [5.41, 5.74) is 1.86. The lowest BCUT2D eigenvalue weighted by molar-refractivity contribution is -0.153. The molecular formula is C24H27FN4O3. The Morgan fingerprint density at radius 2 is 1.78 bits per heavy atom. The van der Waals surface area contributed by atoms with E-state index in [1.807, 2.05) is 23.1 Å². The van der Waals surface area contributed by atoms with E-state index in [9.17, 15) is 14.0 Å². The van der Waals surface area contributed by atoms with Gasteiger partial charge in [-0.15, -0.1) is 0 Å². The van der Waals surface area contributed by atoms with Gasteiger partial charge < -0.3 is 9.64 Å². The number of rotatable bonds is 5. The van der Waals surface area contributed by atoms with Crippen molar-refractivity contribution < 1.29 is 18.7 Å². The van der Waals surface area contributed by atoms with Crippen LogP contribution in [0.1, 0.15) is 24.1 Å². The van der Waals surface area contributed by atoms with Gasteiger partial charge in [-0.2, -0.15) is 0 Å². The van der Waals surface area contributed by atoms with Gasteiger partial charge in [0.1, 0.15) is 11.9 Å². The minimum absolute atomic E-state index is 0.165. The Balaban J connectivity index is 1.51. The van der Waals surface area contributed by atoms with Crippen LogP contribution < -0.4 is 5.32 Å². The van der Waals surface area contributed by atoms with Gasteiger partial charge in [0.2, 0.25) is 11.9 Å². The fourth-order valence-corrected chi connectivity index (χ4v) is 4.08. The first-order chi connectivity index (χ1) is 15.5. The number of nitrogens with one attached hydrogen (secondary N) is 1. The van der Waals surface area contributed by atoms with Crippen molar-refractivity contribution in [3.63, 3.8) is 0 Å². The molecule has 1 saturated heterocycles. The maximum absolute atomic E-state index is 13.4. The van der Waals surface area contributed by atoms with Crippen molar-refractivity contribution in [2.75, 3.05) is 32.8 Å². The summed E-state index contributed by atoms with van der Waals surface area (Å²) in [7, 11) is 0. The molecule has 168 valence electrons. The molecule has 2 aliphatic rings. The van der Waals surface area contributed by atoms with Crippen molar-refractivity contribution in [3.05, 3.63) is 71.5 Å². The van der Waals surface area contributed by atoms with E-state index < -0.39 is 23.8 Å². The van der Waals surface area contributed by atoms with E-state index in [2.05, 4.69) is 22.3 Å². The molecule has 2 aliphatic heterocycles. The average molecular weight is 439 g/mol. The third kappa shape index (κ3) is 4.96. The SMILES string of the molecule is CCOC(=O)[C@@H]1C(=O)NC(N2CCN(Cc3ccccc3)CC2)=N[C@@H]1c1ccc(F)cc1. The number of ether oxygens (including phenoxy) is 1. The first-order valence-corrected chi connectivity index (χ1v) is 10.9. The van der Waals surface area contributed by atoms with Crippen molar-refractivity contribution in [1.29, 1.82) is 0 Å². The minimum atomic E-state index is -1.11. The number of benzene rings is 2. The molecule has 1 fully saturated rings. The summed E-state index contributed by atoms with van der Waals surface area (Å²) in [4.78, 5) is 34.5. The number of piperazine rings is 1. The van der Waals surface area contributed by atoms with E-state index in [1.54, 1.807) is 19.1 Å². The van der Waals surface area contributed by atoms with Gasteiger partial charge in [-0.25, -0.2) is 9.38 Å². The summed E-state index contributed by atoms with van der Waals surface area (Å²) in [6.07, 6.45) is 0. The highest BCUT2D eigenvalue weighted by Crippen LogP contribution is 2.31. The zero-order chi connectivity index (χ0) is 22.5. The van der Waals surface area contributed by atoms with Crippen LogP contribution in [0.25, 0.3) is 0 Å². The van der Waals surface area contributed by atoms with Crippen LogP contribution >= 0.6 is 0 Å². The van der Waals surface area contributed by atoms with Crippen LogP contribution in [0.3, 0.4) is 0 Å². The van der Waals surface area contributed by atoms with Crippen LogP contribution in [0.15, 0.2) is 59.6 Å². The van der Waals surface area contributed by atoms with E-state index in [4.69, 9.17) is 9.73 Å². The van der Waals surface area contributed by atoms with Crippen LogP contribution in [-0.2, 0) is 20.9 Å². The fourth-order valence-electron chi connectivity index (χ4n) is 4.08. The Hall–Kier alpha value is -3.26. The molecule has 1 N–H and O–H groups in total. The molecule has 4 rings (SSSR count). The minimum Gasteiger partial charge on any atom is -0.465 e. The van der Waals surface area contributed by atoms with Gasteiger partial charge in [0, 0.05) is 32.7 Å². The Morgan fingerprint density at radius 1 is 1.09 bits per heavy atom. The third-order valence-electron chi connectivity index (χ3n) is 5.77. The molecule has 2 heterocycles. The van der Waals surface area contributed by atoms with E-state index in [1.165, 1.54) is 17.7 Å². The van der Waals surface area contributed by atoms with Gasteiger partial charge in [0.05, 0.1) is 6.61 Å². The number of carbonyl (C=O) groups excluding carboxylic acids is 2. The molecule has 0 radical (unpaired) electrons. The molecule has 8 heteroatoms. The maximum Gasteiger partial charge on any atom is 0.321 e. The first-order valence-electron chi connectivity index (χ1n) is 10.9. The maximum atomic E-state index is 13.4. The highest BCUT2D eigenvalue weighted by molar-refractivity contribution is 6.08. The topological polar surface area (TPSA) is 74.2 Å².